The number of nitrogens with zero attached hydrogens (tertiary/aromatic N) is 2. The van der Waals surface area contributed by atoms with Gasteiger partial charge in [-0.15, -0.1) is 0 Å². The van der Waals surface area contributed by atoms with Gasteiger partial charge in [-0.1, -0.05) is 12.1 Å². The fourth-order valence-electron chi connectivity index (χ4n) is 1.96. The molecule has 2 aromatic rings. The number of nitriles is 1. The first-order valence-corrected chi connectivity index (χ1v) is 5.94. The van der Waals surface area contributed by atoms with Gasteiger partial charge in [-0.2, -0.15) is 5.26 Å². The minimum atomic E-state index is -1.05. The topological polar surface area (TPSA) is 82.9 Å². The number of nitrogen functional groups attached to an aromatic ring is 1. The molecule has 0 saturated carbocycles. The molecule has 1 aromatic heterocycles. The highest BCUT2D eigenvalue weighted by atomic mass is 16.3. The van der Waals surface area contributed by atoms with Gasteiger partial charge in [0.05, 0.1) is 17.2 Å². The van der Waals surface area contributed by atoms with Gasteiger partial charge in [-0.05, 0) is 36.2 Å². The van der Waals surface area contributed by atoms with Gasteiger partial charge in [0, 0.05) is 24.5 Å². The summed E-state index contributed by atoms with van der Waals surface area (Å²) in [7, 11) is 0. The molecule has 0 radical (unpaired) electrons. The van der Waals surface area contributed by atoms with Crippen molar-refractivity contribution in [2.24, 2.45) is 0 Å². The molecule has 0 amide bonds. The monoisotopic (exact) mass is 253 g/mol. The molecule has 96 valence electrons. The van der Waals surface area contributed by atoms with Crippen molar-refractivity contribution >= 4 is 5.69 Å². The molecule has 0 fully saturated rings. The maximum Gasteiger partial charge on any atom is 0.0991 e. The Morgan fingerprint density at radius 1 is 1.32 bits per heavy atom. The number of hydrogen-bond donors (Lipinski definition) is 2. The highest BCUT2D eigenvalue weighted by Gasteiger charge is 2.24. The maximum absolute atomic E-state index is 10.6. The van der Waals surface area contributed by atoms with Gasteiger partial charge >= 0.3 is 0 Å². The lowest BCUT2D eigenvalue weighted by Gasteiger charge is -2.24. The number of anilines is 1. The predicted octanol–water partition coefficient (Wildman–Crippen LogP) is 1.99. The van der Waals surface area contributed by atoms with Crippen LogP contribution in [0.1, 0.15) is 23.6 Å². The molecule has 0 saturated heterocycles. The molecule has 0 spiro atoms. The van der Waals surface area contributed by atoms with Crippen molar-refractivity contribution in [3.63, 3.8) is 0 Å². The zero-order valence-corrected chi connectivity index (χ0v) is 10.7. The van der Waals surface area contributed by atoms with Crippen LogP contribution in [0.5, 0.6) is 0 Å². The largest absolute Gasteiger partial charge is 0.398 e. The molecule has 1 aromatic carbocycles. The van der Waals surface area contributed by atoms with Gasteiger partial charge in [0.15, 0.2) is 0 Å². The lowest BCUT2D eigenvalue weighted by molar-refractivity contribution is 0.0577. The van der Waals surface area contributed by atoms with E-state index < -0.39 is 5.60 Å². The number of aromatic nitrogens is 1. The van der Waals surface area contributed by atoms with E-state index in [-0.39, 0.29) is 0 Å². The van der Waals surface area contributed by atoms with E-state index >= 15 is 0 Å². The molecule has 0 bridgehead atoms. The molecular formula is C15H15N3O. The van der Waals surface area contributed by atoms with Crippen molar-refractivity contribution in [3.8, 4) is 6.07 Å². The number of benzene rings is 1. The van der Waals surface area contributed by atoms with E-state index in [2.05, 4.69) is 11.1 Å². The van der Waals surface area contributed by atoms with Crippen molar-refractivity contribution in [3.05, 3.63) is 59.4 Å². The van der Waals surface area contributed by atoms with Crippen molar-refractivity contribution in [1.82, 2.24) is 4.98 Å². The Morgan fingerprint density at radius 2 is 2.00 bits per heavy atom. The van der Waals surface area contributed by atoms with Crippen molar-refractivity contribution < 1.29 is 5.11 Å². The third-order valence-corrected chi connectivity index (χ3v) is 3.11. The first kappa shape index (κ1) is 13.1. The van der Waals surface area contributed by atoms with Crippen LogP contribution in [0.15, 0.2) is 42.7 Å². The van der Waals surface area contributed by atoms with Gasteiger partial charge in [-0.3, -0.25) is 4.98 Å². The number of aliphatic hydroxyl groups is 1. The van der Waals surface area contributed by atoms with Crippen LogP contribution in [-0.2, 0) is 12.0 Å². The second-order valence-electron chi connectivity index (χ2n) is 4.71. The minimum absolute atomic E-state index is 0.374. The summed E-state index contributed by atoms with van der Waals surface area (Å²) < 4.78 is 0. The first-order chi connectivity index (χ1) is 9.03. The van der Waals surface area contributed by atoms with Gasteiger partial charge in [0.25, 0.3) is 0 Å². The number of pyridine rings is 1. The Kier molecular flexibility index (Phi) is 3.50. The van der Waals surface area contributed by atoms with Crippen LogP contribution in [0, 0.1) is 11.3 Å². The number of nitrogens with two attached hydrogens (primary N) is 1. The molecule has 4 nitrogen and oxygen atoms in total. The minimum Gasteiger partial charge on any atom is -0.398 e. The third kappa shape index (κ3) is 2.90. The van der Waals surface area contributed by atoms with Crippen molar-refractivity contribution in [2.75, 3.05) is 5.73 Å². The zero-order valence-electron chi connectivity index (χ0n) is 10.7. The Morgan fingerprint density at radius 3 is 2.58 bits per heavy atom. The standard InChI is InChI=1S/C15H15N3O/c1-15(19,8-12-10-18-7-6-14(12)17)13-4-2-11(9-16)3-5-13/h2-7,10,19H,8H2,1H3,(H2,17,18). The second-order valence-corrected chi connectivity index (χ2v) is 4.71. The van der Waals surface area contributed by atoms with Crippen LogP contribution in [0.25, 0.3) is 0 Å². The summed E-state index contributed by atoms with van der Waals surface area (Å²) in [5.41, 5.74) is 7.54. The van der Waals surface area contributed by atoms with Gasteiger partial charge in [0.1, 0.15) is 0 Å². The Balaban J connectivity index is 2.27. The fraction of sp³-hybridized carbons (Fsp3) is 0.200. The van der Waals surface area contributed by atoms with E-state index in [0.717, 1.165) is 11.1 Å². The highest BCUT2D eigenvalue weighted by molar-refractivity contribution is 5.46. The molecule has 2 rings (SSSR count). The molecule has 0 aliphatic carbocycles. The van der Waals surface area contributed by atoms with Crippen molar-refractivity contribution in [1.29, 1.82) is 5.26 Å². The first-order valence-electron chi connectivity index (χ1n) is 5.94. The summed E-state index contributed by atoms with van der Waals surface area (Å²) in [6.45, 7) is 1.72. The summed E-state index contributed by atoms with van der Waals surface area (Å²) >= 11 is 0. The molecule has 19 heavy (non-hydrogen) atoms. The van der Waals surface area contributed by atoms with E-state index in [1.165, 1.54) is 0 Å². The van der Waals surface area contributed by atoms with Crippen LogP contribution < -0.4 is 5.73 Å². The van der Waals surface area contributed by atoms with E-state index in [1.54, 1.807) is 49.6 Å². The smallest absolute Gasteiger partial charge is 0.0991 e. The molecule has 1 heterocycles. The highest BCUT2D eigenvalue weighted by Crippen LogP contribution is 2.27. The Bertz CT molecular complexity index is 612. The average molecular weight is 253 g/mol. The van der Waals surface area contributed by atoms with E-state index in [4.69, 9.17) is 11.0 Å². The lowest BCUT2D eigenvalue weighted by atomic mass is 9.89. The van der Waals surface area contributed by atoms with Crippen LogP contribution >= 0.6 is 0 Å². The van der Waals surface area contributed by atoms with Crippen LogP contribution in [0.3, 0.4) is 0 Å². The summed E-state index contributed by atoms with van der Waals surface area (Å²) in [5, 5.41) is 19.3. The normalized spacial score (nSPS) is 13.5. The number of rotatable bonds is 3. The molecule has 0 aliphatic heterocycles. The Labute approximate surface area is 112 Å². The average Bonchev–Trinajstić information content (AvgIpc) is 2.41. The lowest BCUT2D eigenvalue weighted by Crippen LogP contribution is -2.24. The SMILES string of the molecule is CC(O)(Cc1cnccc1N)c1ccc(C#N)cc1. The van der Waals surface area contributed by atoms with Crippen LogP contribution in [0.4, 0.5) is 5.69 Å². The van der Waals surface area contributed by atoms with Gasteiger partial charge in [0.2, 0.25) is 0 Å². The van der Waals surface area contributed by atoms with Gasteiger partial charge in [-0.25, -0.2) is 0 Å². The molecule has 1 atom stereocenters. The predicted molar refractivity (Wildman–Crippen MR) is 73.1 cm³/mol. The molecule has 3 N–H and O–H groups in total. The zero-order chi connectivity index (χ0) is 13.9. The van der Waals surface area contributed by atoms with Crippen molar-refractivity contribution in [2.45, 2.75) is 18.9 Å². The van der Waals surface area contributed by atoms with Crippen LogP contribution in [-0.4, -0.2) is 10.1 Å². The molecule has 4 heteroatoms. The summed E-state index contributed by atoms with van der Waals surface area (Å²) in [5.74, 6) is 0. The Hall–Kier alpha value is -2.38. The molecular weight excluding hydrogens is 238 g/mol. The molecule has 0 aliphatic rings. The van der Waals surface area contributed by atoms with E-state index in [0.29, 0.717) is 17.7 Å². The maximum atomic E-state index is 10.6. The summed E-state index contributed by atoms with van der Waals surface area (Å²) in [6, 6.07) is 10.7. The quantitative estimate of drug-likeness (QED) is 0.876. The number of hydrogen-bond acceptors (Lipinski definition) is 4. The van der Waals surface area contributed by atoms with Crippen LogP contribution in [0.2, 0.25) is 0 Å². The third-order valence-electron chi connectivity index (χ3n) is 3.11. The summed E-state index contributed by atoms with van der Waals surface area (Å²) in [4.78, 5) is 4.02. The van der Waals surface area contributed by atoms with E-state index in [1.807, 2.05) is 0 Å². The van der Waals surface area contributed by atoms with E-state index in [9.17, 15) is 5.11 Å². The van der Waals surface area contributed by atoms with Gasteiger partial charge < -0.3 is 10.8 Å². The second kappa shape index (κ2) is 5.09. The summed E-state index contributed by atoms with van der Waals surface area (Å²) in [6.07, 6.45) is 3.65. The molecule has 1 unspecified atom stereocenters. The fourth-order valence-corrected chi connectivity index (χ4v) is 1.96.